The van der Waals surface area contributed by atoms with E-state index in [1.54, 1.807) is 11.8 Å². The van der Waals surface area contributed by atoms with Gasteiger partial charge in [-0.05, 0) is 37.3 Å². The number of benzene rings is 2. The van der Waals surface area contributed by atoms with Crippen LogP contribution in [0.15, 0.2) is 58.1 Å². The molecule has 126 valence electrons. The maximum absolute atomic E-state index is 6.05. The van der Waals surface area contributed by atoms with Gasteiger partial charge in [-0.3, -0.25) is 0 Å². The monoisotopic (exact) mass is 370 g/mol. The molecular formula is C18H15ClN4OS. The van der Waals surface area contributed by atoms with Crippen LogP contribution in [0.2, 0.25) is 5.02 Å². The fourth-order valence-electron chi connectivity index (χ4n) is 2.56. The Morgan fingerprint density at radius 2 is 1.92 bits per heavy atom. The number of imidazole rings is 1. The fraction of sp³-hybridized carbons (Fsp3) is 0.167. The molecular weight excluding hydrogens is 356 g/mol. The first-order chi connectivity index (χ1) is 12.1. The van der Waals surface area contributed by atoms with Crippen molar-refractivity contribution in [2.24, 2.45) is 7.05 Å². The molecule has 0 aliphatic rings. The van der Waals surface area contributed by atoms with Gasteiger partial charge >= 0.3 is 0 Å². The molecule has 0 N–H and O–H groups in total. The minimum atomic E-state index is -0.0176. The van der Waals surface area contributed by atoms with Crippen LogP contribution in [0.25, 0.3) is 22.5 Å². The van der Waals surface area contributed by atoms with Crippen LogP contribution in [0.4, 0.5) is 0 Å². The number of hydrogen-bond acceptors (Lipinski definition) is 5. The van der Waals surface area contributed by atoms with Crippen molar-refractivity contribution in [2.45, 2.75) is 17.3 Å². The second-order valence-corrected chi connectivity index (χ2v) is 7.40. The third-order valence-electron chi connectivity index (χ3n) is 3.89. The number of hydrogen-bond donors (Lipinski definition) is 0. The second kappa shape index (κ2) is 6.54. The van der Waals surface area contributed by atoms with Crippen LogP contribution in [0, 0.1) is 0 Å². The molecule has 7 heteroatoms. The first-order valence-electron chi connectivity index (χ1n) is 7.79. The smallest absolute Gasteiger partial charge is 0.247 e. The summed E-state index contributed by atoms with van der Waals surface area (Å²) < 4.78 is 7.88. The van der Waals surface area contributed by atoms with E-state index in [1.807, 2.05) is 67.1 Å². The van der Waals surface area contributed by atoms with Crippen molar-refractivity contribution in [2.75, 3.05) is 0 Å². The molecule has 0 spiro atoms. The van der Waals surface area contributed by atoms with E-state index in [2.05, 4.69) is 15.2 Å². The molecule has 2 aromatic carbocycles. The Kier molecular flexibility index (Phi) is 4.23. The van der Waals surface area contributed by atoms with E-state index in [-0.39, 0.29) is 5.25 Å². The van der Waals surface area contributed by atoms with Gasteiger partial charge in [-0.1, -0.05) is 41.6 Å². The molecule has 2 heterocycles. The molecule has 4 rings (SSSR count). The molecule has 1 unspecified atom stereocenters. The van der Waals surface area contributed by atoms with Crippen LogP contribution in [0.5, 0.6) is 0 Å². The van der Waals surface area contributed by atoms with Gasteiger partial charge in [0.2, 0.25) is 11.8 Å². The zero-order valence-electron chi connectivity index (χ0n) is 13.7. The second-order valence-electron chi connectivity index (χ2n) is 5.66. The van der Waals surface area contributed by atoms with Crippen LogP contribution in [-0.2, 0) is 7.05 Å². The van der Waals surface area contributed by atoms with Crippen LogP contribution < -0.4 is 0 Å². The Morgan fingerprint density at radius 3 is 2.72 bits per heavy atom. The van der Waals surface area contributed by atoms with E-state index in [0.29, 0.717) is 16.8 Å². The topological polar surface area (TPSA) is 56.7 Å². The molecule has 1 atom stereocenters. The van der Waals surface area contributed by atoms with Gasteiger partial charge in [0.05, 0.1) is 16.3 Å². The van der Waals surface area contributed by atoms with Crippen molar-refractivity contribution < 1.29 is 4.42 Å². The van der Waals surface area contributed by atoms with Crippen molar-refractivity contribution in [3.05, 3.63) is 59.4 Å². The maximum atomic E-state index is 6.05. The number of nitrogens with zero attached hydrogens (tertiary/aromatic N) is 4. The molecule has 0 aliphatic heterocycles. The highest BCUT2D eigenvalue weighted by atomic mass is 35.5. The minimum absolute atomic E-state index is 0.0176. The summed E-state index contributed by atoms with van der Waals surface area (Å²) >= 11 is 7.63. The maximum Gasteiger partial charge on any atom is 0.247 e. The molecule has 5 nitrogen and oxygen atoms in total. The zero-order valence-corrected chi connectivity index (χ0v) is 15.3. The number of thioether (sulfide) groups is 1. The predicted octanol–water partition coefficient (Wildman–Crippen LogP) is 5.13. The van der Waals surface area contributed by atoms with Crippen molar-refractivity contribution in [3.8, 4) is 11.5 Å². The summed E-state index contributed by atoms with van der Waals surface area (Å²) in [6.45, 7) is 2.03. The summed E-state index contributed by atoms with van der Waals surface area (Å²) in [5, 5.41) is 9.88. The van der Waals surface area contributed by atoms with Gasteiger partial charge in [-0.25, -0.2) is 4.98 Å². The zero-order chi connectivity index (χ0) is 17.4. The summed E-state index contributed by atoms with van der Waals surface area (Å²) in [5.41, 5.74) is 2.82. The number of aryl methyl sites for hydroxylation is 1. The molecule has 0 amide bonds. The summed E-state index contributed by atoms with van der Waals surface area (Å²) in [4.78, 5) is 4.66. The summed E-state index contributed by atoms with van der Waals surface area (Å²) in [6.07, 6.45) is 0. The van der Waals surface area contributed by atoms with Crippen LogP contribution >= 0.6 is 23.4 Å². The highest BCUT2D eigenvalue weighted by molar-refractivity contribution is 7.99. The highest BCUT2D eigenvalue weighted by Crippen LogP contribution is 2.36. The molecule has 0 saturated carbocycles. The normalized spacial score (nSPS) is 12.6. The molecule has 0 saturated heterocycles. The van der Waals surface area contributed by atoms with Crippen LogP contribution in [0.3, 0.4) is 0 Å². The van der Waals surface area contributed by atoms with Crippen LogP contribution in [-0.4, -0.2) is 19.7 Å². The third kappa shape index (κ3) is 3.15. The van der Waals surface area contributed by atoms with E-state index in [9.17, 15) is 0 Å². The highest BCUT2D eigenvalue weighted by Gasteiger charge is 2.19. The average molecular weight is 371 g/mol. The summed E-state index contributed by atoms with van der Waals surface area (Å²) in [5.74, 6) is 1.11. The van der Waals surface area contributed by atoms with Gasteiger partial charge in [-0.2, -0.15) is 0 Å². The van der Waals surface area contributed by atoms with E-state index in [4.69, 9.17) is 16.0 Å². The molecule has 2 aromatic heterocycles. The molecule has 0 aliphatic carbocycles. The Morgan fingerprint density at radius 1 is 1.12 bits per heavy atom. The predicted molar refractivity (Wildman–Crippen MR) is 99.7 cm³/mol. The van der Waals surface area contributed by atoms with E-state index >= 15 is 0 Å². The third-order valence-corrected chi connectivity index (χ3v) is 5.26. The molecule has 25 heavy (non-hydrogen) atoms. The quantitative estimate of drug-likeness (QED) is 0.466. The molecule has 0 bridgehead atoms. The molecule has 0 fully saturated rings. The molecule has 0 radical (unpaired) electrons. The van der Waals surface area contributed by atoms with Gasteiger partial charge in [0, 0.05) is 17.6 Å². The number of fused-ring (bicyclic) bond motifs is 1. The van der Waals surface area contributed by atoms with Gasteiger partial charge in [-0.15, -0.1) is 10.2 Å². The first-order valence-corrected chi connectivity index (χ1v) is 9.05. The van der Waals surface area contributed by atoms with Crippen molar-refractivity contribution in [3.63, 3.8) is 0 Å². The number of rotatable bonds is 4. The van der Waals surface area contributed by atoms with E-state index in [0.717, 1.165) is 21.8 Å². The van der Waals surface area contributed by atoms with Crippen molar-refractivity contribution >= 4 is 34.4 Å². The van der Waals surface area contributed by atoms with E-state index < -0.39 is 0 Å². The Balaban J connectivity index is 1.59. The lowest BCUT2D eigenvalue weighted by Crippen LogP contribution is -1.94. The van der Waals surface area contributed by atoms with Gasteiger partial charge < -0.3 is 8.98 Å². The molecule has 4 aromatic rings. The van der Waals surface area contributed by atoms with Crippen molar-refractivity contribution in [1.29, 1.82) is 0 Å². The van der Waals surface area contributed by atoms with E-state index in [1.165, 1.54) is 0 Å². The summed E-state index contributed by atoms with van der Waals surface area (Å²) in [6, 6.07) is 15.5. The lowest BCUT2D eigenvalue weighted by molar-refractivity contribution is 0.509. The fourth-order valence-corrected chi connectivity index (χ4v) is 3.65. The standard InChI is InChI=1S/C18H15ClN4OS/c1-11(16-21-22-17(24-16)12-6-4-3-5-7-12)25-18-20-14-10-13(19)8-9-15(14)23(18)2/h3-11H,1-2H3. The van der Waals surface area contributed by atoms with Gasteiger partial charge in [0.15, 0.2) is 5.16 Å². The Labute approximate surface area is 154 Å². The van der Waals surface area contributed by atoms with Crippen LogP contribution in [0.1, 0.15) is 18.1 Å². The summed E-state index contributed by atoms with van der Waals surface area (Å²) in [7, 11) is 1.99. The minimum Gasteiger partial charge on any atom is -0.419 e. The van der Waals surface area contributed by atoms with Gasteiger partial charge in [0.1, 0.15) is 0 Å². The number of aromatic nitrogens is 4. The Hall–Kier alpha value is -2.31. The Bertz CT molecular complexity index is 1030. The SMILES string of the molecule is CC(Sc1nc2cc(Cl)ccc2n1C)c1nnc(-c2ccccc2)o1. The largest absolute Gasteiger partial charge is 0.419 e. The van der Waals surface area contributed by atoms with Gasteiger partial charge in [0.25, 0.3) is 0 Å². The average Bonchev–Trinajstić information content (AvgIpc) is 3.22. The number of halogens is 1. The first kappa shape index (κ1) is 16.2. The lowest BCUT2D eigenvalue weighted by Gasteiger charge is -2.06. The van der Waals surface area contributed by atoms with Crippen molar-refractivity contribution in [1.82, 2.24) is 19.7 Å². The lowest BCUT2D eigenvalue weighted by atomic mass is 10.2.